The topological polar surface area (TPSA) is 59.0 Å². The molecule has 8 heteroatoms. The Labute approximate surface area is 174 Å². The number of rotatable bonds is 3. The van der Waals surface area contributed by atoms with E-state index in [1.165, 1.54) is 12.6 Å². The maximum absolute atomic E-state index is 13.8. The lowest BCUT2D eigenvalue weighted by Gasteiger charge is -2.34. The fourth-order valence-electron chi connectivity index (χ4n) is 4.50. The number of alkyl halides is 3. The number of carbonyl (C=O) groups excluding carboxylic acids is 1. The average Bonchev–Trinajstić information content (AvgIpc) is 3.13. The Bertz CT molecular complexity index is 857. The Morgan fingerprint density at radius 1 is 1.07 bits per heavy atom. The third-order valence-corrected chi connectivity index (χ3v) is 6.13. The van der Waals surface area contributed by atoms with Crippen LogP contribution in [0.15, 0.2) is 36.5 Å². The Morgan fingerprint density at radius 3 is 2.40 bits per heavy atom. The number of carbonyl (C=O) groups is 1. The van der Waals surface area contributed by atoms with Gasteiger partial charge >= 0.3 is 6.18 Å². The summed E-state index contributed by atoms with van der Waals surface area (Å²) < 4.78 is 42.3. The summed E-state index contributed by atoms with van der Waals surface area (Å²) in [7, 11) is 0. The minimum absolute atomic E-state index is 0.0558. The van der Waals surface area contributed by atoms with Gasteiger partial charge in [0.2, 0.25) is 0 Å². The maximum Gasteiger partial charge on any atom is 0.410 e. The van der Waals surface area contributed by atoms with Gasteiger partial charge in [0.25, 0.3) is 5.91 Å². The van der Waals surface area contributed by atoms with Gasteiger partial charge in [-0.2, -0.15) is 18.3 Å². The molecule has 2 aliphatic rings. The smallest absolute Gasteiger partial charge is 0.363 e. The molecular weight excluding hydrogens is 393 g/mol. The Morgan fingerprint density at radius 2 is 1.73 bits per heavy atom. The maximum atomic E-state index is 13.8. The number of nitrogens with one attached hydrogen (secondary N) is 2. The van der Waals surface area contributed by atoms with E-state index >= 15 is 0 Å². The standard InChI is InChI=1S/C22H27F3N4O/c23-22(24,25)19-13-18(15-9-5-4-6-10-15)28-20-17(14-26-29(19)20)21(30)27-16-11-7-2-1-3-8-12-16/h4-6,9-10,14,16,18-19,28H,1-3,7-8,11-13H2,(H,27,30). The predicted molar refractivity (Wildman–Crippen MR) is 108 cm³/mol. The first-order valence-electron chi connectivity index (χ1n) is 10.7. The molecule has 1 aliphatic heterocycles. The minimum Gasteiger partial charge on any atom is -0.363 e. The molecule has 5 nitrogen and oxygen atoms in total. The molecule has 2 unspecified atom stereocenters. The quantitative estimate of drug-likeness (QED) is 0.700. The van der Waals surface area contributed by atoms with Crippen LogP contribution in [0.2, 0.25) is 0 Å². The van der Waals surface area contributed by atoms with Gasteiger partial charge in [-0.15, -0.1) is 0 Å². The molecule has 1 aromatic carbocycles. The van der Waals surface area contributed by atoms with Crippen LogP contribution >= 0.6 is 0 Å². The van der Waals surface area contributed by atoms with Crippen molar-refractivity contribution in [1.82, 2.24) is 15.1 Å². The number of fused-ring (bicyclic) bond motifs is 1. The number of hydrogen-bond donors (Lipinski definition) is 2. The average molecular weight is 420 g/mol. The van der Waals surface area contributed by atoms with Crippen LogP contribution in [0, 0.1) is 0 Å². The summed E-state index contributed by atoms with van der Waals surface area (Å²) in [5, 5.41) is 10.1. The Balaban J connectivity index is 1.59. The van der Waals surface area contributed by atoms with Gasteiger partial charge in [-0.05, 0) is 18.4 Å². The normalized spacial score (nSPS) is 23.0. The number of nitrogens with zero attached hydrogens (tertiary/aromatic N) is 2. The summed E-state index contributed by atoms with van der Waals surface area (Å²) in [6, 6.07) is 6.75. The van der Waals surface area contributed by atoms with Crippen LogP contribution in [0.5, 0.6) is 0 Å². The molecule has 2 heterocycles. The summed E-state index contributed by atoms with van der Waals surface area (Å²) in [6.45, 7) is 0. The monoisotopic (exact) mass is 420 g/mol. The van der Waals surface area contributed by atoms with Gasteiger partial charge in [-0.25, -0.2) is 4.68 Å². The number of halogens is 3. The molecule has 162 valence electrons. The summed E-state index contributed by atoms with van der Waals surface area (Å²) >= 11 is 0. The zero-order valence-corrected chi connectivity index (χ0v) is 16.8. The van der Waals surface area contributed by atoms with E-state index in [4.69, 9.17) is 0 Å². The second-order valence-electron chi connectivity index (χ2n) is 8.27. The van der Waals surface area contributed by atoms with E-state index < -0.39 is 18.3 Å². The molecule has 0 saturated heterocycles. The SMILES string of the molecule is O=C(NC1CCCCCCC1)c1cnn2c1NC(c1ccccc1)CC2C(F)(F)F. The molecule has 0 radical (unpaired) electrons. The molecule has 0 spiro atoms. The van der Waals surface area contributed by atoms with E-state index in [0.717, 1.165) is 48.8 Å². The van der Waals surface area contributed by atoms with Crippen LogP contribution in [0.1, 0.15) is 79.4 Å². The molecule has 0 bridgehead atoms. The van der Waals surface area contributed by atoms with Crippen LogP contribution in [-0.4, -0.2) is 27.9 Å². The number of amides is 1. The van der Waals surface area contributed by atoms with Crippen LogP contribution in [0.25, 0.3) is 0 Å². The van der Waals surface area contributed by atoms with Crippen molar-refractivity contribution in [1.29, 1.82) is 0 Å². The van der Waals surface area contributed by atoms with E-state index in [0.29, 0.717) is 0 Å². The van der Waals surface area contributed by atoms with E-state index in [1.54, 1.807) is 24.3 Å². The first-order chi connectivity index (χ1) is 14.4. The van der Waals surface area contributed by atoms with Crippen molar-refractivity contribution in [3.8, 4) is 0 Å². The van der Waals surface area contributed by atoms with E-state index in [1.807, 2.05) is 6.07 Å². The van der Waals surface area contributed by atoms with Crippen molar-refractivity contribution in [2.45, 2.75) is 75.7 Å². The summed E-state index contributed by atoms with van der Waals surface area (Å²) in [5.74, 6) is -0.218. The van der Waals surface area contributed by atoms with Crippen molar-refractivity contribution < 1.29 is 18.0 Å². The van der Waals surface area contributed by atoms with Gasteiger partial charge in [0.05, 0.1) is 12.2 Å². The van der Waals surface area contributed by atoms with Gasteiger partial charge in [-0.1, -0.05) is 62.4 Å². The van der Waals surface area contributed by atoms with Gasteiger partial charge in [0, 0.05) is 12.5 Å². The number of anilines is 1. The number of aromatic nitrogens is 2. The second-order valence-corrected chi connectivity index (χ2v) is 8.27. The molecule has 30 heavy (non-hydrogen) atoms. The Kier molecular flexibility index (Phi) is 6.01. The van der Waals surface area contributed by atoms with E-state index in [9.17, 15) is 18.0 Å². The molecule has 4 rings (SSSR count). The first kappa shape index (κ1) is 20.8. The van der Waals surface area contributed by atoms with Crippen LogP contribution in [0.4, 0.5) is 19.0 Å². The fourth-order valence-corrected chi connectivity index (χ4v) is 4.50. The summed E-state index contributed by atoms with van der Waals surface area (Å²) in [5.41, 5.74) is 0.928. The molecule has 2 atom stereocenters. The zero-order valence-electron chi connectivity index (χ0n) is 16.8. The highest BCUT2D eigenvalue weighted by Gasteiger charge is 2.47. The zero-order chi connectivity index (χ0) is 21.1. The van der Waals surface area contributed by atoms with Crippen LogP contribution < -0.4 is 10.6 Å². The van der Waals surface area contributed by atoms with Crippen molar-refractivity contribution in [3.05, 3.63) is 47.7 Å². The minimum atomic E-state index is -4.46. The molecule has 1 aromatic heterocycles. The van der Waals surface area contributed by atoms with Crippen molar-refractivity contribution in [3.63, 3.8) is 0 Å². The van der Waals surface area contributed by atoms with Crippen LogP contribution in [0.3, 0.4) is 0 Å². The lowest BCUT2D eigenvalue weighted by molar-refractivity contribution is -0.173. The number of benzene rings is 1. The van der Waals surface area contributed by atoms with Gasteiger partial charge in [-0.3, -0.25) is 4.79 Å². The van der Waals surface area contributed by atoms with Crippen molar-refractivity contribution in [2.75, 3.05) is 5.32 Å². The van der Waals surface area contributed by atoms with Gasteiger partial charge < -0.3 is 10.6 Å². The first-order valence-corrected chi connectivity index (χ1v) is 10.7. The Hall–Kier alpha value is -2.51. The largest absolute Gasteiger partial charge is 0.410 e. The van der Waals surface area contributed by atoms with E-state index in [-0.39, 0.29) is 29.8 Å². The molecule has 1 aliphatic carbocycles. The number of hydrogen-bond acceptors (Lipinski definition) is 3. The van der Waals surface area contributed by atoms with E-state index in [2.05, 4.69) is 15.7 Å². The molecule has 2 N–H and O–H groups in total. The predicted octanol–water partition coefficient (Wildman–Crippen LogP) is 5.39. The summed E-state index contributed by atoms with van der Waals surface area (Å²) in [6.07, 6.45) is 4.08. The van der Waals surface area contributed by atoms with Crippen LogP contribution in [-0.2, 0) is 0 Å². The molecular formula is C22H27F3N4O. The van der Waals surface area contributed by atoms with Crippen molar-refractivity contribution in [2.24, 2.45) is 0 Å². The fraction of sp³-hybridized carbons (Fsp3) is 0.545. The molecule has 1 fully saturated rings. The molecule has 1 saturated carbocycles. The molecule has 1 amide bonds. The molecule has 2 aromatic rings. The second kappa shape index (κ2) is 8.70. The lowest BCUT2D eigenvalue weighted by atomic mass is 9.96. The highest BCUT2D eigenvalue weighted by molar-refractivity contribution is 5.99. The highest BCUT2D eigenvalue weighted by Crippen LogP contribution is 2.44. The summed E-state index contributed by atoms with van der Waals surface area (Å²) in [4.78, 5) is 13.0. The third kappa shape index (κ3) is 4.47. The van der Waals surface area contributed by atoms with Gasteiger partial charge in [0.15, 0.2) is 6.04 Å². The highest BCUT2D eigenvalue weighted by atomic mass is 19.4. The van der Waals surface area contributed by atoms with Crippen molar-refractivity contribution >= 4 is 11.7 Å². The lowest BCUT2D eigenvalue weighted by Crippen LogP contribution is -2.38. The third-order valence-electron chi connectivity index (χ3n) is 6.13. The van der Waals surface area contributed by atoms with Gasteiger partial charge in [0.1, 0.15) is 11.4 Å².